The van der Waals surface area contributed by atoms with Crippen molar-refractivity contribution >= 4 is 23.9 Å². The van der Waals surface area contributed by atoms with E-state index in [0.717, 1.165) is 0 Å². The van der Waals surface area contributed by atoms with Crippen LogP contribution in [0.4, 0.5) is 0 Å². The molecule has 0 amide bonds. The molecule has 32 heavy (non-hydrogen) atoms. The fourth-order valence-corrected chi connectivity index (χ4v) is 3.28. The minimum absolute atomic E-state index is 0.119. The molecule has 166 valence electrons. The number of amidine groups is 1. The number of carbonyl (C=O) groups is 1. The fraction of sp³-hybridized carbons (Fsp3) is 0.273. The molecule has 2 aromatic rings. The molecule has 10 nitrogen and oxygen atoms in total. The first-order chi connectivity index (χ1) is 15.6. The Morgan fingerprint density at radius 3 is 2.31 bits per heavy atom. The van der Waals surface area contributed by atoms with Crippen molar-refractivity contribution in [1.29, 1.82) is 0 Å². The molecule has 0 radical (unpaired) electrons. The summed E-state index contributed by atoms with van der Waals surface area (Å²) in [6, 6.07) is 13.9. The number of aliphatic imine (C=N–C) groups is 2. The number of nitrogens with zero attached hydrogens (tertiary/aromatic N) is 4. The van der Waals surface area contributed by atoms with Gasteiger partial charge in [-0.1, -0.05) is 5.16 Å². The summed E-state index contributed by atoms with van der Waals surface area (Å²) < 4.78 is 16.4. The Balaban J connectivity index is 1.64. The van der Waals surface area contributed by atoms with Gasteiger partial charge in [-0.2, -0.15) is 10.1 Å². The van der Waals surface area contributed by atoms with Crippen molar-refractivity contribution in [3.8, 4) is 11.5 Å². The van der Waals surface area contributed by atoms with Crippen molar-refractivity contribution in [2.45, 2.75) is 12.8 Å². The minimum Gasteiger partial charge on any atom is -0.497 e. The summed E-state index contributed by atoms with van der Waals surface area (Å²) in [7, 11) is 3.14. The molecule has 2 heterocycles. The Kier molecular flexibility index (Phi) is 6.15. The lowest BCUT2D eigenvalue weighted by Crippen LogP contribution is -2.47. The second-order valence-corrected chi connectivity index (χ2v) is 6.67. The quantitative estimate of drug-likeness (QED) is 0.555. The van der Waals surface area contributed by atoms with Gasteiger partial charge >= 0.3 is 0 Å². The molecule has 0 aromatic heterocycles. The molecule has 0 bridgehead atoms. The van der Waals surface area contributed by atoms with Crippen LogP contribution in [-0.2, 0) is 20.3 Å². The standard InChI is InChI=1S/C22H22N4O6/c1-4-30-22(16-7-11-18(29-3)12-8-16)25-21-20(23-14-24-32-21)26(22)31-13-19(27)15-5-9-17(28-2)10-6-15/h5-12,14H,4,13H2,1-3H3/t22-/m0/s1. The molecule has 0 unspecified atom stereocenters. The molecule has 0 fully saturated rings. The molecular weight excluding hydrogens is 416 g/mol. The van der Waals surface area contributed by atoms with Gasteiger partial charge in [-0.15, -0.1) is 0 Å². The van der Waals surface area contributed by atoms with Gasteiger partial charge in [-0.3, -0.25) is 9.63 Å². The van der Waals surface area contributed by atoms with E-state index in [1.165, 1.54) is 11.4 Å². The predicted molar refractivity (Wildman–Crippen MR) is 116 cm³/mol. The molecule has 2 aliphatic heterocycles. The van der Waals surface area contributed by atoms with Gasteiger partial charge in [-0.25, -0.2) is 4.99 Å². The van der Waals surface area contributed by atoms with Gasteiger partial charge in [0.15, 0.2) is 12.1 Å². The number of carbonyl (C=O) groups excluding carboxylic acids is 1. The number of hydrogen-bond acceptors (Lipinski definition) is 10. The first-order valence-electron chi connectivity index (χ1n) is 9.87. The topological polar surface area (TPSA) is 104 Å². The number of Topliss-reactive ketones (excluding diaryl/α,β-unsaturated/α-hetero) is 1. The zero-order chi connectivity index (χ0) is 22.6. The monoisotopic (exact) mass is 438 g/mol. The maximum absolute atomic E-state index is 12.8. The number of ketones is 1. The molecule has 1 atom stereocenters. The third-order valence-electron chi connectivity index (χ3n) is 4.83. The maximum Gasteiger partial charge on any atom is 0.294 e. The first-order valence-corrected chi connectivity index (χ1v) is 9.87. The van der Waals surface area contributed by atoms with Crippen LogP contribution < -0.4 is 9.47 Å². The van der Waals surface area contributed by atoms with Crippen LogP contribution >= 0.6 is 0 Å². The van der Waals surface area contributed by atoms with E-state index in [4.69, 9.17) is 23.9 Å². The molecule has 10 heteroatoms. The van der Waals surface area contributed by atoms with Gasteiger partial charge in [0.2, 0.25) is 5.84 Å². The summed E-state index contributed by atoms with van der Waals surface area (Å²) in [6.07, 6.45) is 1.23. The van der Waals surface area contributed by atoms with Crippen LogP contribution in [0.25, 0.3) is 0 Å². The molecule has 2 aliphatic rings. The van der Waals surface area contributed by atoms with E-state index in [1.54, 1.807) is 62.8 Å². The summed E-state index contributed by atoms with van der Waals surface area (Å²) in [4.78, 5) is 32.8. The lowest BCUT2D eigenvalue weighted by atomic mass is 10.1. The van der Waals surface area contributed by atoms with Gasteiger partial charge in [0.25, 0.3) is 11.7 Å². The number of hydrogen-bond donors (Lipinski definition) is 0. The van der Waals surface area contributed by atoms with Crippen LogP contribution in [0, 0.1) is 0 Å². The molecule has 4 rings (SSSR count). The highest BCUT2D eigenvalue weighted by Gasteiger charge is 2.52. The Hall–Kier alpha value is -3.76. The zero-order valence-electron chi connectivity index (χ0n) is 17.8. The Bertz CT molecular complexity index is 1060. The number of rotatable bonds is 9. The maximum atomic E-state index is 12.8. The summed E-state index contributed by atoms with van der Waals surface area (Å²) in [5.74, 6) is -0.0125. The van der Waals surface area contributed by atoms with Crippen molar-refractivity contribution < 1.29 is 28.7 Å². The number of methoxy groups -OCH3 is 2. The summed E-state index contributed by atoms with van der Waals surface area (Å²) >= 11 is 0. The number of benzene rings is 2. The van der Waals surface area contributed by atoms with Crippen LogP contribution in [0.2, 0.25) is 0 Å². The van der Waals surface area contributed by atoms with E-state index < -0.39 is 5.85 Å². The molecule has 0 saturated heterocycles. The Morgan fingerprint density at radius 1 is 1.03 bits per heavy atom. The van der Waals surface area contributed by atoms with Crippen molar-refractivity contribution in [3.05, 3.63) is 59.7 Å². The van der Waals surface area contributed by atoms with E-state index in [2.05, 4.69) is 15.1 Å². The lowest BCUT2D eigenvalue weighted by molar-refractivity contribution is -0.258. The molecular formula is C22H22N4O6. The van der Waals surface area contributed by atoms with E-state index in [0.29, 0.717) is 29.2 Å². The smallest absolute Gasteiger partial charge is 0.294 e. The molecule has 0 saturated carbocycles. The van der Waals surface area contributed by atoms with Gasteiger partial charge in [0.1, 0.15) is 18.1 Å². The largest absolute Gasteiger partial charge is 0.497 e. The Labute approximate surface area is 184 Å². The number of oxime groups is 1. The fourth-order valence-electron chi connectivity index (χ4n) is 3.28. The molecule has 0 spiro atoms. The van der Waals surface area contributed by atoms with E-state index >= 15 is 0 Å². The summed E-state index contributed by atoms with van der Waals surface area (Å²) in [6.45, 7) is 1.84. The van der Waals surface area contributed by atoms with Gasteiger partial charge < -0.3 is 19.0 Å². The first kappa shape index (κ1) is 21.5. The molecule has 0 aliphatic carbocycles. The number of hydroxylamine groups is 2. The summed E-state index contributed by atoms with van der Waals surface area (Å²) in [5.41, 5.74) is 1.10. The van der Waals surface area contributed by atoms with Crippen LogP contribution in [0.1, 0.15) is 22.8 Å². The van der Waals surface area contributed by atoms with Crippen molar-refractivity contribution in [2.24, 2.45) is 15.1 Å². The average Bonchev–Trinajstić information content (AvgIpc) is 3.16. The van der Waals surface area contributed by atoms with Crippen LogP contribution in [0.3, 0.4) is 0 Å². The van der Waals surface area contributed by atoms with Crippen molar-refractivity contribution in [3.63, 3.8) is 0 Å². The van der Waals surface area contributed by atoms with Crippen molar-refractivity contribution in [2.75, 3.05) is 27.4 Å². The van der Waals surface area contributed by atoms with Crippen LogP contribution in [0.15, 0.2) is 63.7 Å². The van der Waals surface area contributed by atoms with Crippen molar-refractivity contribution in [1.82, 2.24) is 5.06 Å². The van der Waals surface area contributed by atoms with E-state index in [1.807, 2.05) is 6.92 Å². The molecule has 2 aromatic carbocycles. The Morgan fingerprint density at radius 2 is 1.69 bits per heavy atom. The highest BCUT2D eigenvalue weighted by molar-refractivity contribution is 6.40. The summed E-state index contributed by atoms with van der Waals surface area (Å²) in [5, 5.41) is 5.01. The second-order valence-electron chi connectivity index (χ2n) is 6.67. The highest BCUT2D eigenvalue weighted by Crippen LogP contribution is 2.39. The van der Waals surface area contributed by atoms with E-state index in [-0.39, 0.29) is 24.1 Å². The highest BCUT2D eigenvalue weighted by atomic mass is 16.7. The minimum atomic E-state index is -1.46. The second kappa shape index (κ2) is 9.16. The van der Waals surface area contributed by atoms with E-state index in [9.17, 15) is 4.79 Å². The normalized spacial score (nSPS) is 19.0. The number of fused-ring (bicyclic) bond motifs is 1. The molecule has 0 N–H and O–H groups in total. The van der Waals surface area contributed by atoms with Gasteiger partial charge in [0, 0.05) is 17.7 Å². The number of ether oxygens (including phenoxy) is 3. The van der Waals surface area contributed by atoms with Gasteiger partial charge in [-0.05, 0) is 55.5 Å². The third kappa shape index (κ3) is 3.93. The van der Waals surface area contributed by atoms with Crippen LogP contribution in [-0.4, -0.2) is 56.4 Å². The SMILES string of the molecule is CCO[C@@]1(c2ccc(OC)cc2)N=C2ON=CN=C2N1OCC(=O)c1ccc(OC)cc1. The lowest BCUT2D eigenvalue weighted by Gasteiger charge is -2.35. The van der Waals surface area contributed by atoms with Crippen LogP contribution in [0.5, 0.6) is 11.5 Å². The average molecular weight is 438 g/mol. The van der Waals surface area contributed by atoms with Gasteiger partial charge in [0.05, 0.1) is 14.2 Å². The predicted octanol–water partition coefficient (Wildman–Crippen LogP) is 2.75. The zero-order valence-corrected chi connectivity index (χ0v) is 17.8. The third-order valence-corrected chi connectivity index (χ3v) is 4.83.